The highest BCUT2D eigenvalue weighted by Crippen LogP contribution is 2.28. The van der Waals surface area contributed by atoms with Crippen LogP contribution in [0.1, 0.15) is 31.9 Å². The highest BCUT2D eigenvalue weighted by atomic mass is 35.5. The number of benzene rings is 2. The Morgan fingerprint density at radius 2 is 1.76 bits per heavy atom. The number of aryl methyl sites for hydroxylation is 1. The van der Waals surface area contributed by atoms with Crippen molar-refractivity contribution in [2.24, 2.45) is 0 Å². The highest BCUT2D eigenvalue weighted by Gasteiger charge is 2.30. The van der Waals surface area contributed by atoms with E-state index >= 15 is 0 Å². The van der Waals surface area contributed by atoms with Gasteiger partial charge in [-0.15, -0.1) is 0 Å². The van der Waals surface area contributed by atoms with E-state index in [0.29, 0.717) is 16.3 Å². The largest absolute Gasteiger partial charge is 0.491 e. The summed E-state index contributed by atoms with van der Waals surface area (Å²) in [7, 11) is -3.70. The van der Waals surface area contributed by atoms with Crippen LogP contribution in [-0.4, -0.2) is 32.7 Å². The van der Waals surface area contributed by atoms with Crippen LogP contribution >= 0.6 is 11.6 Å². The monoisotopic (exact) mass is 438 g/mol. The fraction of sp³-hybridized carbons (Fsp3) is 0.381. The molecule has 6 nitrogen and oxygen atoms in total. The minimum atomic E-state index is -3.70. The molecule has 2 aromatic rings. The molecule has 29 heavy (non-hydrogen) atoms. The van der Waals surface area contributed by atoms with Crippen molar-refractivity contribution in [2.45, 2.75) is 46.4 Å². The molecule has 2 rings (SSSR count). The van der Waals surface area contributed by atoms with Crippen LogP contribution in [0.5, 0.6) is 5.75 Å². The minimum Gasteiger partial charge on any atom is -0.491 e. The topological polar surface area (TPSA) is 75.7 Å². The zero-order valence-corrected chi connectivity index (χ0v) is 18.8. The van der Waals surface area contributed by atoms with E-state index in [1.54, 1.807) is 32.0 Å². The Hall–Kier alpha value is -2.25. The maximum absolute atomic E-state index is 12.7. The molecule has 0 heterocycles. The number of carbonyl (C=O) groups is 1. The van der Waals surface area contributed by atoms with Crippen LogP contribution in [0.4, 0.5) is 5.69 Å². The number of amides is 1. The quantitative estimate of drug-likeness (QED) is 0.678. The van der Waals surface area contributed by atoms with Gasteiger partial charge in [0.1, 0.15) is 11.8 Å². The SMILES string of the molecule is Cc1ccc(Cl)cc1N([C@H](C)C(=O)NCc1ccc(OC(C)C)cc1)S(C)(=O)=O. The lowest BCUT2D eigenvalue weighted by Crippen LogP contribution is -2.48. The summed E-state index contributed by atoms with van der Waals surface area (Å²) in [6.07, 6.45) is 1.16. The Kier molecular flexibility index (Phi) is 7.54. The van der Waals surface area contributed by atoms with E-state index in [9.17, 15) is 13.2 Å². The summed E-state index contributed by atoms with van der Waals surface area (Å²) >= 11 is 6.05. The summed E-state index contributed by atoms with van der Waals surface area (Å²) in [5.74, 6) is 0.348. The number of nitrogens with one attached hydrogen (secondary N) is 1. The van der Waals surface area contributed by atoms with E-state index < -0.39 is 22.0 Å². The van der Waals surface area contributed by atoms with Crippen molar-refractivity contribution >= 4 is 33.2 Å². The molecule has 1 amide bonds. The maximum atomic E-state index is 12.7. The predicted octanol–water partition coefficient (Wildman–Crippen LogP) is 3.91. The molecule has 0 fully saturated rings. The first-order valence-electron chi connectivity index (χ1n) is 9.28. The molecule has 0 aliphatic rings. The molecule has 0 bridgehead atoms. The van der Waals surface area contributed by atoms with Crippen molar-refractivity contribution in [1.29, 1.82) is 0 Å². The second-order valence-electron chi connectivity index (χ2n) is 7.19. The van der Waals surface area contributed by atoms with Crippen molar-refractivity contribution in [3.63, 3.8) is 0 Å². The maximum Gasteiger partial charge on any atom is 0.243 e. The third-order valence-electron chi connectivity index (χ3n) is 4.26. The van der Waals surface area contributed by atoms with E-state index in [4.69, 9.17) is 16.3 Å². The first-order chi connectivity index (χ1) is 13.5. The van der Waals surface area contributed by atoms with Crippen molar-refractivity contribution in [3.05, 3.63) is 58.6 Å². The number of anilines is 1. The standard InChI is InChI=1S/C21H27ClN2O4S/c1-14(2)28-19-10-7-17(8-11-19)13-23-21(25)16(4)24(29(5,26)27)20-12-18(22)9-6-15(20)3/h6-12,14,16H,13H2,1-5H3,(H,23,25)/t16-/m1/s1. The molecular formula is C21H27ClN2O4S. The molecular weight excluding hydrogens is 412 g/mol. The van der Waals surface area contributed by atoms with Crippen molar-refractivity contribution in [1.82, 2.24) is 5.32 Å². The zero-order chi connectivity index (χ0) is 21.8. The van der Waals surface area contributed by atoms with Gasteiger partial charge >= 0.3 is 0 Å². The Labute approximate surface area is 177 Å². The predicted molar refractivity (Wildman–Crippen MR) is 117 cm³/mol. The van der Waals surface area contributed by atoms with Crippen molar-refractivity contribution < 1.29 is 17.9 Å². The first kappa shape index (κ1) is 23.0. The third kappa shape index (κ3) is 6.37. The van der Waals surface area contributed by atoms with Crippen LogP contribution in [0.25, 0.3) is 0 Å². The van der Waals surface area contributed by atoms with Gasteiger partial charge in [0.25, 0.3) is 0 Å². The molecule has 1 N–H and O–H groups in total. The van der Waals surface area contributed by atoms with Gasteiger partial charge in [-0.25, -0.2) is 8.42 Å². The summed E-state index contributed by atoms with van der Waals surface area (Å²) < 4.78 is 31.6. The summed E-state index contributed by atoms with van der Waals surface area (Å²) in [5.41, 5.74) is 1.98. The average Bonchev–Trinajstić information content (AvgIpc) is 2.62. The molecule has 158 valence electrons. The van der Waals surface area contributed by atoms with E-state index in [1.165, 1.54) is 0 Å². The Balaban J connectivity index is 2.14. The van der Waals surface area contributed by atoms with Gasteiger partial charge in [0.15, 0.2) is 0 Å². The smallest absolute Gasteiger partial charge is 0.243 e. The van der Waals surface area contributed by atoms with Gasteiger partial charge in [-0.3, -0.25) is 9.10 Å². The Morgan fingerprint density at radius 3 is 2.31 bits per heavy atom. The summed E-state index contributed by atoms with van der Waals surface area (Å²) in [6.45, 7) is 7.50. The van der Waals surface area contributed by atoms with Crippen molar-refractivity contribution in [2.75, 3.05) is 10.6 Å². The summed E-state index contributed by atoms with van der Waals surface area (Å²) in [4.78, 5) is 12.7. The van der Waals surface area contributed by atoms with Gasteiger partial charge in [0, 0.05) is 11.6 Å². The molecule has 0 saturated heterocycles. The third-order valence-corrected chi connectivity index (χ3v) is 5.72. The van der Waals surface area contributed by atoms with Crippen LogP contribution < -0.4 is 14.4 Å². The van der Waals surface area contributed by atoms with E-state index in [2.05, 4.69) is 5.32 Å². The number of rotatable bonds is 8. The average molecular weight is 439 g/mol. The lowest BCUT2D eigenvalue weighted by molar-refractivity contribution is -0.122. The number of halogens is 1. The molecule has 0 aliphatic carbocycles. The van der Waals surface area contributed by atoms with Gasteiger partial charge in [-0.05, 0) is 63.1 Å². The number of ether oxygens (including phenoxy) is 1. The number of sulfonamides is 1. The van der Waals surface area contributed by atoms with E-state index in [0.717, 1.165) is 21.9 Å². The molecule has 0 radical (unpaired) electrons. The highest BCUT2D eigenvalue weighted by molar-refractivity contribution is 7.92. The second kappa shape index (κ2) is 9.50. The van der Waals surface area contributed by atoms with Gasteiger partial charge in [0.05, 0.1) is 18.0 Å². The van der Waals surface area contributed by atoms with Gasteiger partial charge in [-0.1, -0.05) is 29.8 Å². The van der Waals surface area contributed by atoms with Crippen LogP contribution in [0.3, 0.4) is 0 Å². The second-order valence-corrected chi connectivity index (χ2v) is 9.49. The van der Waals surface area contributed by atoms with Crippen LogP contribution in [0.2, 0.25) is 5.02 Å². The minimum absolute atomic E-state index is 0.0818. The summed E-state index contributed by atoms with van der Waals surface area (Å²) in [5, 5.41) is 3.20. The summed E-state index contributed by atoms with van der Waals surface area (Å²) in [6, 6.07) is 11.4. The van der Waals surface area contributed by atoms with E-state index in [1.807, 2.05) is 38.1 Å². The molecule has 0 unspecified atom stereocenters. The van der Waals surface area contributed by atoms with Gasteiger partial charge in [0.2, 0.25) is 15.9 Å². The number of nitrogens with zero attached hydrogens (tertiary/aromatic N) is 1. The first-order valence-corrected chi connectivity index (χ1v) is 11.5. The fourth-order valence-corrected chi connectivity index (χ4v) is 4.29. The van der Waals surface area contributed by atoms with Crippen LogP contribution in [0.15, 0.2) is 42.5 Å². The lowest BCUT2D eigenvalue weighted by atomic mass is 10.1. The lowest BCUT2D eigenvalue weighted by Gasteiger charge is -2.29. The molecule has 2 aromatic carbocycles. The van der Waals surface area contributed by atoms with Crippen LogP contribution in [0, 0.1) is 6.92 Å². The zero-order valence-electron chi connectivity index (χ0n) is 17.3. The molecule has 0 aliphatic heterocycles. The number of hydrogen-bond acceptors (Lipinski definition) is 4. The molecule has 1 atom stereocenters. The van der Waals surface area contributed by atoms with Crippen LogP contribution in [-0.2, 0) is 21.4 Å². The molecule has 8 heteroatoms. The normalized spacial score (nSPS) is 12.5. The Morgan fingerprint density at radius 1 is 1.14 bits per heavy atom. The number of hydrogen-bond donors (Lipinski definition) is 1. The van der Waals surface area contributed by atoms with Crippen molar-refractivity contribution in [3.8, 4) is 5.75 Å². The van der Waals surface area contributed by atoms with E-state index in [-0.39, 0.29) is 12.6 Å². The Bertz CT molecular complexity index is 959. The molecule has 0 aromatic heterocycles. The number of carbonyl (C=O) groups excluding carboxylic acids is 1. The molecule has 0 spiro atoms. The van der Waals surface area contributed by atoms with Gasteiger partial charge < -0.3 is 10.1 Å². The fourth-order valence-electron chi connectivity index (χ4n) is 2.90. The molecule has 0 saturated carbocycles. The van der Waals surface area contributed by atoms with Gasteiger partial charge in [-0.2, -0.15) is 0 Å².